The number of carbonyl (C=O) groups is 2. The maximum absolute atomic E-state index is 14.2. The highest BCUT2D eigenvalue weighted by molar-refractivity contribution is 8.04. The van der Waals surface area contributed by atoms with Crippen LogP contribution in [0.25, 0.3) is 0 Å². The minimum absolute atomic E-state index is 0.0410. The first-order valence-electron chi connectivity index (χ1n) is 9.30. The van der Waals surface area contributed by atoms with Crippen molar-refractivity contribution in [1.29, 1.82) is 0 Å². The molecule has 0 saturated carbocycles. The summed E-state index contributed by atoms with van der Waals surface area (Å²) in [6.07, 6.45) is -4.65. The fraction of sp³-hybridized carbons (Fsp3) is 0.0435. The first-order valence-corrected chi connectivity index (χ1v) is 10.1. The van der Waals surface area contributed by atoms with Crippen LogP contribution in [0.2, 0.25) is 0 Å². The number of para-hydroxylation sites is 1. The van der Waals surface area contributed by atoms with Crippen molar-refractivity contribution in [2.24, 2.45) is 0 Å². The van der Waals surface area contributed by atoms with Crippen LogP contribution >= 0.6 is 11.8 Å². The molecule has 3 aromatic carbocycles. The van der Waals surface area contributed by atoms with Gasteiger partial charge in [-0.3, -0.25) is 9.59 Å². The van der Waals surface area contributed by atoms with Crippen molar-refractivity contribution < 1.29 is 27.2 Å². The van der Waals surface area contributed by atoms with Gasteiger partial charge in [0.05, 0.1) is 16.9 Å². The van der Waals surface area contributed by atoms with Crippen molar-refractivity contribution in [2.45, 2.75) is 11.1 Å². The summed E-state index contributed by atoms with van der Waals surface area (Å²) >= 11 is 0.965. The van der Waals surface area contributed by atoms with Crippen LogP contribution in [0.3, 0.4) is 0 Å². The molecule has 0 bridgehead atoms. The molecule has 9 heteroatoms. The summed E-state index contributed by atoms with van der Waals surface area (Å²) in [7, 11) is 0. The van der Waals surface area contributed by atoms with Gasteiger partial charge in [-0.05, 0) is 42.5 Å². The lowest BCUT2D eigenvalue weighted by molar-refractivity contribution is -0.137. The molecule has 4 nitrogen and oxygen atoms in total. The molecule has 3 aromatic rings. The lowest BCUT2D eigenvalue weighted by Crippen LogP contribution is -2.32. The van der Waals surface area contributed by atoms with E-state index in [1.807, 2.05) is 0 Å². The van der Waals surface area contributed by atoms with Crippen molar-refractivity contribution >= 4 is 35.0 Å². The smallest absolute Gasteiger partial charge is 0.348 e. The van der Waals surface area contributed by atoms with Gasteiger partial charge in [-0.15, -0.1) is 0 Å². The molecule has 0 aliphatic carbocycles. The number of benzene rings is 3. The van der Waals surface area contributed by atoms with Crippen molar-refractivity contribution in [3.05, 3.63) is 101 Å². The molecule has 1 N–H and O–H groups in total. The molecular formula is C23H14F4N2O2S. The van der Waals surface area contributed by atoms with Crippen LogP contribution in [-0.4, -0.2) is 11.8 Å². The summed E-state index contributed by atoms with van der Waals surface area (Å²) < 4.78 is 53.7. The maximum atomic E-state index is 14.2. The Bertz CT molecular complexity index is 1230. The SMILES string of the molecule is O=C1C(Nc2ccccc2F)=C(Sc2ccccc2)C(=O)N1c1cccc(C(F)(F)F)c1. The minimum atomic E-state index is -4.65. The quantitative estimate of drug-likeness (QED) is 0.386. The predicted molar refractivity (Wildman–Crippen MR) is 113 cm³/mol. The summed E-state index contributed by atoms with van der Waals surface area (Å²) in [5.74, 6) is -2.33. The highest BCUT2D eigenvalue weighted by atomic mass is 32.2. The molecular weight excluding hydrogens is 444 g/mol. The van der Waals surface area contributed by atoms with Gasteiger partial charge < -0.3 is 5.32 Å². The molecule has 162 valence electrons. The highest BCUT2D eigenvalue weighted by Crippen LogP contribution is 2.39. The third-order valence-corrected chi connectivity index (χ3v) is 5.66. The number of alkyl halides is 3. The molecule has 1 heterocycles. The normalized spacial score (nSPS) is 14.3. The monoisotopic (exact) mass is 458 g/mol. The Morgan fingerprint density at radius 3 is 2.19 bits per heavy atom. The van der Waals surface area contributed by atoms with E-state index in [9.17, 15) is 27.2 Å². The Kier molecular flexibility index (Phi) is 5.75. The molecule has 0 saturated heterocycles. The number of rotatable bonds is 5. The molecule has 1 aliphatic rings. The fourth-order valence-corrected chi connectivity index (χ4v) is 4.02. The lowest BCUT2D eigenvalue weighted by Gasteiger charge is -2.17. The van der Waals surface area contributed by atoms with Gasteiger partial charge in [0.15, 0.2) is 0 Å². The fourth-order valence-electron chi connectivity index (χ4n) is 3.07. The molecule has 0 fully saturated rings. The Balaban J connectivity index is 1.77. The number of nitrogens with one attached hydrogen (secondary N) is 1. The Hall–Kier alpha value is -3.59. The zero-order valence-electron chi connectivity index (χ0n) is 16.2. The van der Waals surface area contributed by atoms with Crippen molar-refractivity contribution in [1.82, 2.24) is 0 Å². The number of hydrogen-bond acceptors (Lipinski definition) is 4. The number of nitrogens with zero attached hydrogens (tertiary/aromatic N) is 1. The summed E-state index contributed by atoms with van der Waals surface area (Å²) in [6.45, 7) is 0. The summed E-state index contributed by atoms with van der Waals surface area (Å²) in [4.78, 5) is 27.6. The third-order valence-electron chi connectivity index (χ3n) is 4.57. The van der Waals surface area contributed by atoms with E-state index in [0.29, 0.717) is 9.80 Å². The predicted octanol–water partition coefficient (Wildman–Crippen LogP) is 5.83. The molecule has 0 atom stereocenters. The largest absolute Gasteiger partial charge is 0.416 e. The maximum Gasteiger partial charge on any atom is 0.416 e. The van der Waals surface area contributed by atoms with E-state index in [4.69, 9.17) is 0 Å². The number of amides is 2. The van der Waals surface area contributed by atoms with Crippen molar-refractivity contribution in [3.8, 4) is 0 Å². The average Bonchev–Trinajstić information content (AvgIpc) is 2.99. The lowest BCUT2D eigenvalue weighted by atomic mass is 10.2. The number of hydrogen-bond donors (Lipinski definition) is 1. The van der Waals surface area contributed by atoms with Crippen LogP contribution in [-0.2, 0) is 15.8 Å². The summed E-state index contributed by atoms with van der Waals surface area (Å²) in [6, 6.07) is 18.2. The van der Waals surface area contributed by atoms with E-state index >= 15 is 0 Å². The zero-order valence-corrected chi connectivity index (χ0v) is 17.0. The van der Waals surface area contributed by atoms with E-state index in [1.165, 1.54) is 24.3 Å². The van der Waals surface area contributed by atoms with Gasteiger partial charge in [0.2, 0.25) is 0 Å². The van der Waals surface area contributed by atoms with Gasteiger partial charge in [-0.2, -0.15) is 13.2 Å². The van der Waals surface area contributed by atoms with Gasteiger partial charge in [0, 0.05) is 4.90 Å². The van der Waals surface area contributed by atoms with Crippen LogP contribution in [0.15, 0.2) is 94.4 Å². The second kappa shape index (κ2) is 8.51. The number of anilines is 2. The van der Waals surface area contributed by atoms with Crippen molar-refractivity contribution in [3.63, 3.8) is 0 Å². The van der Waals surface area contributed by atoms with E-state index in [1.54, 1.807) is 36.4 Å². The Labute approximate surface area is 184 Å². The van der Waals surface area contributed by atoms with Gasteiger partial charge in [-0.25, -0.2) is 9.29 Å². The molecule has 1 aliphatic heterocycles. The van der Waals surface area contributed by atoms with E-state index in [0.717, 1.165) is 30.0 Å². The highest BCUT2D eigenvalue weighted by Gasteiger charge is 2.41. The molecule has 0 spiro atoms. The molecule has 0 aromatic heterocycles. The van der Waals surface area contributed by atoms with E-state index in [-0.39, 0.29) is 22.0 Å². The molecule has 4 rings (SSSR count). The third kappa shape index (κ3) is 4.24. The second-order valence-electron chi connectivity index (χ2n) is 6.72. The summed E-state index contributed by atoms with van der Waals surface area (Å²) in [5.41, 5.74) is -1.48. The van der Waals surface area contributed by atoms with Gasteiger partial charge in [0.1, 0.15) is 16.4 Å². The van der Waals surface area contributed by atoms with Crippen LogP contribution < -0.4 is 10.2 Å². The minimum Gasteiger partial charge on any atom is -0.348 e. The Morgan fingerprint density at radius 2 is 1.50 bits per heavy atom. The topological polar surface area (TPSA) is 49.4 Å². The van der Waals surface area contributed by atoms with Crippen molar-refractivity contribution in [2.75, 3.05) is 10.2 Å². The molecule has 2 amide bonds. The first kappa shape index (κ1) is 21.6. The van der Waals surface area contributed by atoms with Gasteiger partial charge >= 0.3 is 6.18 Å². The number of halogens is 4. The van der Waals surface area contributed by atoms with Crippen LogP contribution in [0.5, 0.6) is 0 Å². The molecule has 0 unspecified atom stereocenters. The average molecular weight is 458 g/mol. The van der Waals surface area contributed by atoms with Gasteiger partial charge in [-0.1, -0.05) is 48.2 Å². The number of imide groups is 1. The van der Waals surface area contributed by atoms with Crippen LogP contribution in [0.4, 0.5) is 28.9 Å². The number of carbonyl (C=O) groups excluding carboxylic acids is 2. The standard InChI is InChI=1S/C23H14F4N2O2S/c24-17-11-4-5-12-18(17)28-19-20(32-16-9-2-1-3-10-16)22(31)29(21(19)30)15-8-6-7-14(13-15)23(25,26)27/h1-13,28H. The van der Waals surface area contributed by atoms with Gasteiger partial charge in [0.25, 0.3) is 11.8 Å². The zero-order chi connectivity index (χ0) is 22.9. The Morgan fingerprint density at radius 1 is 0.812 bits per heavy atom. The summed E-state index contributed by atoms with van der Waals surface area (Å²) in [5, 5.41) is 2.65. The second-order valence-corrected chi connectivity index (χ2v) is 7.80. The molecule has 32 heavy (non-hydrogen) atoms. The van der Waals surface area contributed by atoms with Crippen LogP contribution in [0.1, 0.15) is 5.56 Å². The molecule has 0 radical (unpaired) electrons. The van der Waals surface area contributed by atoms with E-state index in [2.05, 4.69) is 5.32 Å². The number of thioether (sulfide) groups is 1. The van der Waals surface area contributed by atoms with Crippen LogP contribution in [0, 0.1) is 5.82 Å². The first-order chi connectivity index (χ1) is 15.3. The van der Waals surface area contributed by atoms with E-state index < -0.39 is 29.4 Å².